The van der Waals surface area contributed by atoms with Crippen LogP contribution < -0.4 is 50.8 Å². The van der Waals surface area contributed by atoms with Crippen LogP contribution >= 0.6 is 0 Å². The highest BCUT2D eigenvalue weighted by Gasteiger charge is 2.51. The number of primary amides is 2. The molecule has 0 spiro atoms. The lowest BCUT2D eigenvalue weighted by Gasteiger charge is -2.31. The van der Waals surface area contributed by atoms with Crippen molar-refractivity contribution in [1.29, 1.82) is 0 Å². The number of hydrogen-bond acceptors (Lipinski definition) is 18. The molecule has 0 fully saturated rings. The van der Waals surface area contributed by atoms with Crippen LogP contribution in [0.4, 0.5) is 40.8 Å². The molecule has 8 aromatic rings. The molecule has 0 saturated carbocycles. The molecule has 0 aliphatic rings. The van der Waals surface area contributed by atoms with Gasteiger partial charge in [-0.25, -0.2) is 27.2 Å². The van der Waals surface area contributed by atoms with Gasteiger partial charge < -0.3 is 70.5 Å². The number of esters is 2. The summed E-state index contributed by atoms with van der Waals surface area (Å²) in [5.41, 5.74) is 46.6. The number of carbonyl (C=O) groups is 4. The normalized spacial score (nSPS) is 11.3. The van der Waals surface area contributed by atoms with Crippen LogP contribution in [0.1, 0.15) is 52.8 Å². The first-order chi connectivity index (χ1) is 51.6. The summed E-state index contributed by atoms with van der Waals surface area (Å²) in [6.07, 6.45) is -2.96. The molecule has 0 aromatic heterocycles. The van der Waals surface area contributed by atoms with Gasteiger partial charge in [-0.2, -0.15) is 17.6 Å². The number of nitrogens with zero attached hydrogens (tertiary/aromatic N) is 4. The van der Waals surface area contributed by atoms with E-state index in [0.717, 1.165) is 51.5 Å². The van der Waals surface area contributed by atoms with Crippen LogP contribution in [-0.4, -0.2) is 170 Å². The first-order valence-corrected chi connectivity index (χ1v) is 34.8. The standard InChI is InChI=1S/C31H33FN2.C30H32N2O.C7H10F2O4.C3H4F2N2O2.C3H8F2N2.C3H9FN2.C3H10N2O/c32-31(25-33(21-27-13-5-1-6-14-27)22-28-15-7-2-8-16-28)26-34(23-29-17-9-3-10-18-29)24-30-19-11-4-12-20-30;33-30(25-32(29-19-11-4-12-20-29)23-28-17-9-3-10-18-28)24-31(21-26-13-5-1-6-14-26)22-27-15-7-2-8-16-27;1-3-12-5(10)7(8,9)6(11)13-4-2;4-3(5,1(6)8)2(7)9;4-3(5,1-6)2-7;4-3(1-5)2-6;4-1-3(6)2-5/h1-20,31H,21-26H2;1-20,30,33H,21-25H2;3-4H2,1-2H3;(H2,6,8)(H2,7,9);1-2,6-7H2;3H,1-2,5-6H2;3,6H,1-2,4-5H2. The maximum Gasteiger partial charge on any atom is 0.437 e. The number of nitrogens with two attached hydrogens (primary N) is 8. The fourth-order valence-corrected chi connectivity index (χ4v) is 9.46. The third-order valence-corrected chi connectivity index (χ3v) is 15.0. The molecule has 0 saturated heterocycles. The van der Waals surface area contributed by atoms with Gasteiger partial charge in [0.1, 0.15) is 12.3 Å². The number of aliphatic hydroxyl groups excluding tert-OH is 2. The maximum atomic E-state index is 15.6. The Morgan fingerprint density at radius 3 is 0.796 bits per heavy atom. The van der Waals surface area contributed by atoms with Gasteiger partial charge in [-0.15, -0.1) is 0 Å². The van der Waals surface area contributed by atoms with E-state index in [2.05, 4.69) is 198 Å². The number of amides is 2. The Morgan fingerprint density at radius 1 is 0.352 bits per heavy atom. The first-order valence-electron chi connectivity index (χ1n) is 34.8. The average molecular weight is 1520 g/mol. The molecule has 1 atom stereocenters. The van der Waals surface area contributed by atoms with Gasteiger partial charge in [-0.3, -0.25) is 24.3 Å². The highest BCUT2D eigenvalue weighted by molar-refractivity contribution is 6.05. The van der Waals surface area contributed by atoms with Gasteiger partial charge in [0, 0.05) is 104 Å². The van der Waals surface area contributed by atoms with E-state index >= 15 is 4.39 Å². The number of alkyl halides is 8. The van der Waals surface area contributed by atoms with Crippen molar-refractivity contribution in [2.75, 3.05) is 83.6 Å². The van der Waals surface area contributed by atoms with Crippen molar-refractivity contribution in [1.82, 2.24) is 14.7 Å². The van der Waals surface area contributed by atoms with Crippen LogP contribution in [0, 0.1) is 0 Å². The molecular weight excluding hydrogens is 1410 g/mol. The number of halogens is 8. The number of anilines is 1. The quantitative estimate of drug-likeness (QED) is 0.0101. The van der Waals surface area contributed by atoms with Crippen LogP contribution in [0.5, 0.6) is 0 Å². The lowest BCUT2D eigenvalue weighted by Crippen LogP contribution is -2.46. The third-order valence-electron chi connectivity index (χ3n) is 15.0. The number of carbonyl (C=O) groups excluding carboxylic acids is 4. The van der Waals surface area contributed by atoms with Crippen LogP contribution in [0.15, 0.2) is 243 Å². The Hall–Kier alpha value is -9.56. The summed E-state index contributed by atoms with van der Waals surface area (Å²) < 4.78 is 107. The summed E-state index contributed by atoms with van der Waals surface area (Å²) in [7, 11) is 0. The minimum Gasteiger partial charge on any atom is -0.461 e. The fraction of sp³-hybridized carbons (Fsp3) is 0.350. The van der Waals surface area contributed by atoms with E-state index in [1.165, 1.54) is 52.8 Å². The number of para-hydroxylation sites is 1. The Labute approximate surface area is 628 Å². The molecule has 28 heteroatoms. The highest BCUT2D eigenvalue weighted by Crippen LogP contribution is 2.22. The monoisotopic (exact) mass is 1510 g/mol. The van der Waals surface area contributed by atoms with E-state index in [1.807, 2.05) is 97.1 Å². The van der Waals surface area contributed by atoms with Crippen molar-refractivity contribution in [3.05, 3.63) is 282 Å². The number of aliphatic hydroxyl groups is 2. The molecule has 8 aromatic carbocycles. The van der Waals surface area contributed by atoms with Gasteiger partial charge in [-0.05, 0) is 64.9 Å². The molecule has 20 nitrogen and oxygen atoms in total. The highest BCUT2D eigenvalue weighted by atomic mass is 19.3. The molecule has 8 rings (SSSR count). The minimum absolute atomic E-state index is 0.0382. The van der Waals surface area contributed by atoms with Crippen molar-refractivity contribution in [3.63, 3.8) is 0 Å². The predicted molar refractivity (Wildman–Crippen MR) is 408 cm³/mol. The molecular formula is C80H106F8N12O8. The van der Waals surface area contributed by atoms with Gasteiger partial charge in [-0.1, -0.05) is 231 Å². The number of ether oxygens (including phenoxy) is 2. The largest absolute Gasteiger partial charge is 0.461 e. The van der Waals surface area contributed by atoms with Crippen molar-refractivity contribution in [3.8, 4) is 0 Å². The molecule has 18 N–H and O–H groups in total. The van der Waals surface area contributed by atoms with Crippen LogP contribution in [-0.2, 0) is 74.5 Å². The first kappa shape index (κ1) is 94.5. The molecule has 2 amide bonds. The number of rotatable bonds is 35. The fourth-order valence-electron chi connectivity index (χ4n) is 9.46. The molecule has 0 aliphatic carbocycles. The number of benzene rings is 8. The molecule has 1 unspecified atom stereocenters. The zero-order valence-electron chi connectivity index (χ0n) is 61.1. The smallest absolute Gasteiger partial charge is 0.437 e. The zero-order chi connectivity index (χ0) is 80.2. The molecule has 0 radical (unpaired) electrons. The summed E-state index contributed by atoms with van der Waals surface area (Å²) in [5, 5.41) is 19.6. The summed E-state index contributed by atoms with van der Waals surface area (Å²) >= 11 is 0. The molecule has 0 bridgehead atoms. The van der Waals surface area contributed by atoms with Crippen molar-refractivity contribution in [2.24, 2.45) is 45.9 Å². The van der Waals surface area contributed by atoms with Crippen molar-refractivity contribution < 1.29 is 74.0 Å². The van der Waals surface area contributed by atoms with Gasteiger partial charge in [0.05, 0.1) is 38.5 Å². The van der Waals surface area contributed by atoms with Crippen molar-refractivity contribution >= 4 is 29.4 Å². The van der Waals surface area contributed by atoms with Crippen LogP contribution in [0.3, 0.4) is 0 Å². The second-order valence-electron chi connectivity index (χ2n) is 24.2. The van der Waals surface area contributed by atoms with E-state index in [-0.39, 0.29) is 39.4 Å². The van der Waals surface area contributed by atoms with Crippen LogP contribution in [0.2, 0.25) is 0 Å². The maximum absolute atomic E-state index is 15.6. The Balaban J connectivity index is 0.000000489. The summed E-state index contributed by atoms with van der Waals surface area (Å²) in [4.78, 5) is 49.3. The second kappa shape index (κ2) is 54.1. The minimum atomic E-state index is -4.22. The predicted octanol–water partition coefficient (Wildman–Crippen LogP) is 8.87. The lowest BCUT2D eigenvalue weighted by molar-refractivity contribution is -0.190. The molecule has 0 aliphatic heterocycles. The topological polar surface area (TPSA) is 348 Å². The average Bonchev–Trinajstić information content (AvgIpc) is 0.856. The SMILES string of the molecule is CCOC(=O)C(F)(F)C(=O)OCC.FC(CN(Cc1ccccc1)Cc1ccccc1)CN(Cc1ccccc1)Cc1ccccc1.NC(=O)C(F)(F)C(N)=O.NCC(F)(F)CN.NCC(F)CN.NCC(O)CN.OC(CN(Cc1ccccc1)Cc1ccccc1)CN(Cc1ccccc1)c1ccccc1. The summed E-state index contributed by atoms with van der Waals surface area (Å²) in [6, 6.07) is 83.1. The molecule has 0 heterocycles. The van der Waals surface area contributed by atoms with E-state index in [9.17, 15) is 55.0 Å². The number of hydrogen-bond donors (Lipinski definition) is 10. The van der Waals surface area contributed by atoms with E-state index < -0.39 is 79.2 Å². The summed E-state index contributed by atoms with van der Waals surface area (Å²) in [6.45, 7) is 8.80. The van der Waals surface area contributed by atoms with Gasteiger partial charge >= 0.3 is 23.8 Å². The van der Waals surface area contributed by atoms with E-state index in [4.69, 9.17) is 28.0 Å². The Morgan fingerprint density at radius 2 is 0.602 bits per heavy atom. The summed E-state index contributed by atoms with van der Waals surface area (Å²) in [5.74, 6) is -19.1. The zero-order valence-corrected chi connectivity index (χ0v) is 61.1. The third kappa shape index (κ3) is 41.0. The molecule has 590 valence electrons. The molecule has 108 heavy (non-hydrogen) atoms. The van der Waals surface area contributed by atoms with Crippen LogP contribution in [0.25, 0.3) is 0 Å². The van der Waals surface area contributed by atoms with E-state index in [0.29, 0.717) is 26.2 Å². The van der Waals surface area contributed by atoms with Gasteiger partial charge in [0.25, 0.3) is 17.7 Å². The Kier molecular flexibility index (Phi) is 47.3. The Bertz CT molecular complexity index is 3340. The second-order valence-corrected chi connectivity index (χ2v) is 24.2. The van der Waals surface area contributed by atoms with Gasteiger partial charge in [0.15, 0.2) is 0 Å². The van der Waals surface area contributed by atoms with Gasteiger partial charge in [0.2, 0.25) is 0 Å². The van der Waals surface area contributed by atoms with Crippen molar-refractivity contribution in [2.45, 2.75) is 102 Å². The van der Waals surface area contributed by atoms with E-state index in [1.54, 1.807) is 0 Å². The lowest BCUT2D eigenvalue weighted by atomic mass is 10.1.